The Hall–Kier alpha value is -1.10. The van der Waals surface area contributed by atoms with Crippen LogP contribution in [-0.4, -0.2) is 51.3 Å². The van der Waals surface area contributed by atoms with E-state index in [4.69, 9.17) is 14.2 Å². The van der Waals surface area contributed by atoms with Gasteiger partial charge in [0.2, 0.25) is 11.8 Å². The molecule has 0 fully saturated rings. The van der Waals surface area contributed by atoms with Crippen molar-refractivity contribution in [2.75, 3.05) is 33.5 Å². The zero-order valence-electron chi connectivity index (χ0n) is 10.2. The van der Waals surface area contributed by atoms with E-state index in [0.29, 0.717) is 38.2 Å². The van der Waals surface area contributed by atoms with E-state index < -0.39 is 0 Å². The van der Waals surface area contributed by atoms with Gasteiger partial charge in [-0.1, -0.05) is 0 Å². The van der Waals surface area contributed by atoms with Gasteiger partial charge in [-0.2, -0.15) is 0 Å². The Morgan fingerprint density at radius 1 is 1.25 bits per heavy atom. The fourth-order valence-corrected chi connectivity index (χ4v) is 1.48. The summed E-state index contributed by atoms with van der Waals surface area (Å²) < 4.78 is 15.9. The number of rotatable bonds is 5. The lowest BCUT2D eigenvalue weighted by Crippen LogP contribution is -2.31. The molecule has 1 aliphatic heterocycles. The SMILES string of the molecule is CCOC1=NC(CCOC)C(OCC)=NC1. The highest BCUT2D eigenvalue weighted by Gasteiger charge is 2.22. The van der Waals surface area contributed by atoms with Crippen molar-refractivity contribution < 1.29 is 14.2 Å². The van der Waals surface area contributed by atoms with E-state index in [1.54, 1.807) is 7.11 Å². The monoisotopic (exact) mass is 228 g/mol. The van der Waals surface area contributed by atoms with Crippen LogP contribution >= 0.6 is 0 Å². The second-order valence-corrected chi connectivity index (χ2v) is 3.34. The molecule has 0 amide bonds. The molecule has 1 heterocycles. The highest BCUT2D eigenvalue weighted by atomic mass is 16.5. The van der Waals surface area contributed by atoms with Gasteiger partial charge in [0.1, 0.15) is 12.6 Å². The van der Waals surface area contributed by atoms with Crippen LogP contribution in [0, 0.1) is 0 Å². The lowest BCUT2D eigenvalue weighted by Gasteiger charge is -2.20. The van der Waals surface area contributed by atoms with Gasteiger partial charge >= 0.3 is 0 Å². The molecule has 1 atom stereocenters. The van der Waals surface area contributed by atoms with Crippen LogP contribution in [0.2, 0.25) is 0 Å². The fraction of sp³-hybridized carbons (Fsp3) is 0.818. The van der Waals surface area contributed by atoms with Gasteiger partial charge in [0.05, 0.1) is 13.2 Å². The minimum atomic E-state index is -0.0600. The fourth-order valence-electron chi connectivity index (χ4n) is 1.48. The van der Waals surface area contributed by atoms with Crippen molar-refractivity contribution in [3.8, 4) is 0 Å². The molecule has 0 saturated heterocycles. The van der Waals surface area contributed by atoms with Crippen molar-refractivity contribution in [1.82, 2.24) is 0 Å². The van der Waals surface area contributed by atoms with Crippen molar-refractivity contribution in [3.05, 3.63) is 0 Å². The van der Waals surface area contributed by atoms with Crippen molar-refractivity contribution in [3.63, 3.8) is 0 Å². The molecule has 0 aliphatic carbocycles. The summed E-state index contributed by atoms with van der Waals surface area (Å²) in [7, 11) is 1.67. The Kier molecular flexibility index (Phi) is 5.85. The van der Waals surface area contributed by atoms with E-state index in [1.807, 2.05) is 13.8 Å². The van der Waals surface area contributed by atoms with Crippen molar-refractivity contribution in [1.29, 1.82) is 0 Å². The molecule has 0 N–H and O–H groups in total. The number of nitrogens with zero attached hydrogens (tertiary/aromatic N) is 2. The smallest absolute Gasteiger partial charge is 0.209 e. The third-order valence-electron chi connectivity index (χ3n) is 2.15. The molecule has 1 unspecified atom stereocenters. The van der Waals surface area contributed by atoms with Crippen LogP contribution in [0.5, 0.6) is 0 Å². The minimum Gasteiger partial charge on any atom is -0.480 e. The average molecular weight is 228 g/mol. The molecule has 0 aromatic heterocycles. The third kappa shape index (κ3) is 3.81. The normalized spacial score (nSPS) is 20.1. The molecule has 0 radical (unpaired) electrons. The van der Waals surface area contributed by atoms with Crippen LogP contribution in [0.4, 0.5) is 0 Å². The van der Waals surface area contributed by atoms with Gasteiger partial charge < -0.3 is 14.2 Å². The Morgan fingerprint density at radius 3 is 2.62 bits per heavy atom. The van der Waals surface area contributed by atoms with Crippen LogP contribution in [0.15, 0.2) is 9.98 Å². The largest absolute Gasteiger partial charge is 0.480 e. The standard InChI is InChI=1S/C11H20N2O3/c1-4-15-10-8-12-11(16-5-2)9(13-10)6-7-14-3/h9H,4-8H2,1-3H3. The highest BCUT2D eigenvalue weighted by Crippen LogP contribution is 2.10. The molecular weight excluding hydrogens is 208 g/mol. The summed E-state index contributed by atoms with van der Waals surface area (Å²) in [6, 6.07) is -0.0600. The predicted molar refractivity (Wildman–Crippen MR) is 63.3 cm³/mol. The molecule has 92 valence electrons. The van der Waals surface area contributed by atoms with Gasteiger partial charge in [-0.25, -0.2) is 9.98 Å². The summed E-state index contributed by atoms with van der Waals surface area (Å²) in [6.07, 6.45) is 0.770. The van der Waals surface area contributed by atoms with Crippen LogP contribution in [0.3, 0.4) is 0 Å². The van der Waals surface area contributed by atoms with E-state index >= 15 is 0 Å². The molecule has 16 heavy (non-hydrogen) atoms. The van der Waals surface area contributed by atoms with Crippen molar-refractivity contribution >= 4 is 11.8 Å². The molecule has 0 aromatic rings. The van der Waals surface area contributed by atoms with Crippen LogP contribution in [0.25, 0.3) is 0 Å². The van der Waals surface area contributed by atoms with Gasteiger partial charge in [-0.15, -0.1) is 0 Å². The quantitative estimate of drug-likeness (QED) is 0.712. The maximum Gasteiger partial charge on any atom is 0.209 e. The van der Waals surface area contributed by atoms with Gasteiger partial charge in [-0.05, 0) is 13.8 Å². The average Bonchev–Trinajstić information content (AvgIpc) is 2.30. The molecule has 0 saturated carbocycles. The maximum absolute atomic E-state index is 5.45. The summed E-state index contributed by atoms with van der Waals surface area (Å²) in [4.78, 5) is 8.80. The van der Waals surface area contributed by atoms with Crippen molar-refractivity contribution in [2.45, 2.75) is 26.3 Å². The van der Waals surface area contributed by atoms with Crippen molar-refractivity contribution in [2.24, 2.45) is 9.98 Å². The maximum atomic E-state index is 5.45. The first-order valence-electron chi connectivity index (χ1n) is 5.67. The van der Waals surface area contributed by atoms with Gasteiger partial charge in [0.25, 0.3) is 0 Å². The summed E-state index contributed by atoms with van der Waals surface area (Å²) in [5.74, 6) is 1.38. The Labute approximate surface area is 96.5 Å². The van der Waals surface area contributed by atoms with Crippen LogP contribution in [0.1, 0.15) is 20.3 Å². The molecular formula is C11H20N2O3. The molecule has 0 aromatic carbocycles. The predicted octanol–water partition coefficient (Wildman–Crippen LogP) is 1.28. The van der Waals surface area contributed by atoms with E-state index in [2.05, 4.69) is 9.98 Å². The second-order valence-electron chi connectivity index (χ2n) is 3.34. The first-order chi connectivity index (χ1) is 7.81. The lowest BCUT2D eigenvalue weighted by molar-refractivity contribution is 0.188. The Morgan fingerprint density at radius 2 is 2.00 bits per heavy atom. The minimum absolute atomic E-state index is 0.0600. The van der Waals surface area contributed by atoms with E-state index in [0.717, 1.165) is 6.42 Å². The van der Waals surface area contributed by atoms with Gasteiger partial charge in [-0.3, -0.25) is 0 Å². The topological polar surface area (TPSA) is 52.4 Å². The van der Waals surface area contributed by atoms with Gasteiger partial charge in [0.15, 0.2) is 0 Å². The summed E-state index contributed by atoms with van der Waals surface area (Å²) >= 11 is 0. The zero-order chi connectivity index (χ0) is 11.8. The van der Waals surface area contributed by atoms with Crippen LogP contribution < -0.4 is 0 Å². The number of hydrogen-bond acceptors (Lipinski definition) is 5. The number of aliphatic imine (C=N–C) groups is 2. The summed E-state index contributed by atoms with van der Waals surface area (Å²) in [6.45, 7) is 6.23. The van der Waals surface area contributed by atoms with E-state index in [9.17, 15) is 0 Å². The third-order valence-corrected chi connectivity index (χ3v) is 2.15. The summed E-state index contributed by atoms with van der Waals surface area (Å²) in [5, 5.41) is 0. The molecule has 0 bridgehead atoms. The number of hydrogen-bond donors (Lipinski definition) is 0. The first-order valence-corrected chi connectivity index (χ1v) is 5.67. The van der Waals surface area contributed by atoms with E-state index in [1.165, 1.54) is 0 Å². The number of ether oxygens (including phenoxy) is 3. The molecule has 0 spiro atoms. The molecule has 5 nitrogen and oxygen atoms in total. The Bertz CT molecular complexity index is 264. The first kappa shape index (κ1) is 13.0. The molecule has 5 heteroatoms. The highest BCUT2D eigenvalue weighted by molar-refractivity contribution is 5.91. The molecule has 1 aliphatic rings. The lowest BCUT2D eigenvalue weighted by atomic mass is 10.2. The van der Waals surface area contributed by atoms with Crippen LogP contribution in [-0.2, 0) is 14.2 Å². The van der Waals surface area contributed by atoms with E-state index in [-0.39, 0.29) is 6.04 Å². The van der Waals surface area contributed by atoms with Gasteiger partial charge in [0, 0.05) is 20.1 Å². The zero-order valence-corrected chi connectivity index (χ0v) is 10.2. The molecule has 1 rings (SSSR count). The Balaban J connectivity index is 2.59. The second kappa shape index (κ2) is 7.22. The summed E-state index contributed by atoms with van der Waals surface area (Å²) in [5.41, 5.74) is 0. The number of methoxy groups -OCH3 is 1.